The van der Waals surface area contributed by atoms with Gasteiger partial charge in [0.15, 0.2) is 11.6 Å². The van der Waals surface area contributed by atoms with Gasteiger partial charge in [-0.25, -0.2) is 9.78 Å². The molecule has 0 amide bonds. The number of halogens is 1. The number of hydrogen-bond acceptors (Lipinski definition) is 6. The van der Waals surface area contributed by atoms with Gasteiger partial charge in [-0.3, -0.25) is 23.5 Å². The molecule has 1 aliphatic carbocycles. The summed E-state index contributed by atoms with van der Waals surface area (Å²) in [6.07, 6.45) is 1.64. The molecule has 1 aromatic carbocycles. The number of aromatic nitrogens is 3. The smallest absolute Gasteiger partial charge is 0.289 e. The average molecular weight is 486 g/mol. The fraction of sp³-hybridized carbons (Fsp3) is 0.190. The summed E-state index contributed by atoms with van der Waals surface area (Å²) in [5.74, 6) is -0.808. The number of aryl methyl sites for hydroxylation is 2. The molecule has 0 N–H and O–H groups in total. The maximum Gasteiger partial charge on any atom is 0.332 e. The van der Waals surface area contributed by atoms with E-state index in [4.69, 9.17) is 0 Å². The standard InChI is InChI=1S/C21H16BrN3O4S/c1-4-13-15-16(17-19(23-13)24(2)21(29)25(3)20(17)28)14(26)9-12(18(15)27)10-6-5-7-11(8-10)30-22/h5-9H,4H2,1-3H3. The largest absolute Gasteiger partial charge is 0.332 e. The summed E-state index contributed by atoms with van der Waals surface area (Å²) >= 11 is 3.32. The summed E-state index contributed by atoms with van der Waals surface area (Å²) in [5, 5.41) is -0.00906. The number of rotatable bonds is 3. The van der Waals surface area contributed by atoms with Crippen LogP contribution in [0.4, 0.5) is 0 Å². The number of Topliss-reactive ketones (excluding diaryl/α,β-unsaturated/α-hetero) is 1. The van der Waals surface area contributed by atoms with E-state index in [0.29, 0.717) is 17.7 Å². The van der Waals surface area contributed by atoms with Crippen LogP contribution in [0, 0.1) is 0 Å². The molecule has 9 heteroatoms. The number of fused-ring (bicyclic) bond motifs is 3. The average Bonchev–Trinajstić information content (AvgIpc) is 2.77. The molecular formula is C21H16BrN3O4S. The van der Waals surface area contributed by atoms with E-state index in [1.54, 1.807) is 12.1 Å². The Bertz CT molecular complexity index is 1420. The van der Waals surface area contributed by atoms with E-state index in [1.807, 2.05) is 19.1 Å². The van der Waals surface area contributed by atoms with Crippen LogP contribution in [0.15, 0.2) is 44.8 Å². The predicted molar refractivity (Wildman–Crippen MR) is 119 cm³/mol. The molecule has 0 saturated carbocycles. The molecule has 0 atom stereocenters. The molecule has 0 radical (unpaired) electrons. The lowest BCUT2D eigenvalue weighted by molar-refractivity contribution is 0.100. The molecule has 2 heterocycles. The zero-order chi connectivity index (χ0) is 21.7. The minimum absolute atomic E-state index is 0.00906. The van der Waals surface area contributed by atoms with Crippen molar-refractivity contribution in [2.45, 2.75) is 18.2 Å². The first kappa shape index (κ1) is 20.5. The SMILES string of the molecule is CCc1nc2c(c3c1C(=O)C(c1cccc(SBr)c1)=CC3=O)c(=O)n(C)c(=O)n2C. The van der Waals surface area contributed by atoms with Crippen molar-refractivity contribution in [3.8, 4) is 0 Å². The van der Waals surface area contributed by atoms with Crippen LogP contribution in [-0.4, -0.2) is 25.7 Å². The van der Waals surface area contributed by atoms with Crippen LogP contribution in [0.5, 0.6) is 0 Å². The van der Waals surface area contributed by atoms with Crippen molar-refractivity contribution in [2.75, 3.05) is 0 Å². The van der Waals surface area contributed by atoms with Crippen molar-refractivity contribution in [1.82, 2.24) is 14.1 Å². The Kier molecular flexibility index (Phi) is 5.11. The van der Waals surface area contributed by atoms with Crippen molar-refractivity contribution in [2.24, 2.45) is 14.1 Å². The molecule has 2 aromatic heterocycles. The molecule has 0 unspecified atom stereocenters. The van der Waals surface area contributed by atoms with Gasteiger partial charge in [0.2, 0.25) is 0 Å². The highest BCUT2D eigenvalue weighted by Gasteiger charge is 2.33. The molecule has 0 fully saturated rings. The van der Waals surface area contributed by atoms with E-state index in [0.717, 1.165) is 9.46 Å². The Labute approximate surface area is 182 Å². The van der Waals surface area contributed by atoms with Gasteiger partial charge < -0.3 is 0 Å². The Morgan fingerprint density at radius 3 is 2.47 bits per heavy atom. The number of benzene rings is 1. The third-order valence-corrected chi connectivity index (χ3v) is 6.78. The molecular weight excluding hydrogens is 470 g/mol. The van der Waals surface area contributed by atoms with Gasteiger partial charge in [0, 0.05) is 24.6 Å². The van der Waals surface area contributed by atoms with E-state index < -0.39 is 17.0 Å². The minimum Gasteiger partial charge on any atom is -0.289 e. The summed E-state index contributed by atoms with van der Waals surface area (Å²) in [5.41, 5.74) is 0.331. The highest BCUT2D eigenvalue weighted by atomic mass is 79.9. The Morgan fingerprint density at radius 1 is 1.07 bits per heavy atom. The number of carbonyl (C=O) groups is 2. The first-order chi connectivity index (χ1) is 14.3. The second kappa shape index (κ2) is 7.48. The number of nitrogens with zero attached hydrogens (tertiary/aromatic N) is 3. The predicted octanol–water partition coefficient (Wildman–Crippen LogP) is 3.06. The van der Waals surface area contributed by atoms with Gasteiger partial charge in [0.1, 0.15) is 5.65 Å². The van der Waals surface area contributed by atoms with E-state index in [-0.39, 0.29) is 33.5 Å². The van der Waals surface area contributed by atoms with Gasteiger partial charge >= 0.3 is 5.69 Å². The molecule has 0 spiro atoms. The molecule has 3 aromatic rings. The van der Waals surface area contributed by atoms with Crippen molar-refractivity contribution >= 4 is 53.2 Å². The third kappa shape index (κ3) is 2.92. The lowest BCUT2D eigenvalue weighted by Gasteiger charge is -2.20. The van der Waals surface area contributed by atoms with Crippen molar-refractivity contribution in [3.05, 3.63) is 73.6 Å². The third-order valence-electron chi connectivity index (χ3n) is 5.23. The van der Waals surface area contributed by atoms with Gasteiger partial charge in [-0.15, -0.1) is 0 Å². The minimum atomic E-state index is -0.643. The molecule has 4 rings (SSSR count). The van der Waals surface area contributed by atoms with Crippen LogP contribution < -0.4 is 11.2 Å². The molecule has 0 aliphatic heterocycles. The quantitative estimate of drug-likeness (QED) is 0.566. The van der Waals surface area contributed by atoms with E-state index in [2.05, 4.69) is 19.8 Å². The fourth-order valence-electron chi connectivity index (χ4n) is 3.71. The maximum atomic E-state index is 13.5. The second-order valence-electron chi connectivity index (χ2n) is 6.92. The van der Waals surface area contributed by atoms with E-state index >= 15 is 0 Å². The maximum absolute atomic E-state index is 13.5. The Hall–Kier alpha value is -2.78. The molecule has 1 aliphatic rings. The monoisotopic (exact) mass is 485 g/mol. The lowest BCUT2D eigenvalue weighted by atomic mass is 9.83. The molecule has 30 heavy (non-hydrogen) atoms. The lowest BCUT2D eigenvalue weighted by Crippen LogP contribution is -2.39. The zero-order valence-corrected chi connectivity index (χ0v) is 18.8. The Balaban J connectivity index is 2.10. The second-order valence-corrected chi connectivity index (χ2v) is 8.52. The topological polar surface area (TPSA) is 91.0 Å². The fourth-order valence-corrected chi connectivity index (χ4v) is 4.62. The normalized spacial score (nSPS) is 13.5. The summed E-state index contributed by atoms with van der Waals surface area (Å²) < 4.78 is 2.15. The van der Waals surface area contributed by atoms with Crippen LogP contribution >= 0.6 is 25.0 Å². The number of allylic oxidation sites excluding steroid dienone is 2. The summed E-state index contributed by atoms with van der Waals surface area (Å²) in [6.45, 7) is 1.81. The van der Waals surface area contributed by atoms with E-state index in [9.17, 15) is 19.2 Å². The van der Waals surface area contributed by atoms with Crippen LogP contribution in [0.25, 0.3) is 16.6 Å². The van der Waals surface area contributed by atoms with Crippen LogP contribution in [0.1, 0.15) is 38.9 Å². The number of ketones is 2. The molecule has 7 nitrogen and oxygen atoms in total. The van der Waals surface area contributed by atoms with E-state index in [1.165, 1.54) is 34.9 Å². The zero-order valence-electron chi connectivity index (χ0n) is 16.4. The van der Waals surface area contributed by atoms with Crippen molar-refractivity contribution < 1.29 is 9.59 Å². The summed E-state index contributed by atoms with van der Waals surface area (Å²) in [6, 6.07) is 7.25. The van der Waals surface area contributed by atoms with Gasteiger partial charge in [0.05, 0.1) is 22.2 Å². The highest BCUT2D eigenvalue weighted by Crippen LogP contribution is 2.34. The van der Waals surface area contributed by atoms with Crippen LogP contribution in [0.2, 0.25) is 0 Å². The summed E-state index contributed by atoms with van der Waals surface area (Å²) in [4.78, 5) is 57.2. The van der Waals surface area contributed by atoms with Crippen molar-refractivity contribution in [3.63, 3.8) is 0 Å². The van der Waals surface area contributed by atoms with Crippen LogP contribution in [0.3, 0.4) is 0 Å². The molecule has 0 bridgehead atoms. The molecule has 0 saturated heterocycles. The van der Waals surface area contributed by atoms with Gasteiger partial charge in [-0.05, 0) is 55.2 Å². The van der Waals surface area contributed by atoms with Gasteiger partial charge in [-0.1, -0.05) is 19.1 Å². The number of pyridine rings is 1. The summed E-state index contributed by atoms with van der Waals surface area (Å²) in [7, 11) is 4.18. The van der Waals surface area contributed by atoms with Crippen molar-refractivity contribution in [1.29, 1.82) is 0 Å². The highest BCUT2D eigenvalue weighted by molar-refractivity contribution is 9.50. The first-order valence-electron chi connectivity index (χ1n) is 9.12. The number of hydrogen-bond donors (Lipinski definition) is 0. The molecule has 152 valence electrons. The van der Waals surface area contributed by atoms with Gasteiger partial charge in [-0.2, -0.15) is 0 Å². The number of carbonyl (C=O) groups excluding carboxylic acids is 2. The Morgan fingerprint density at radius 2 is 1.80 bits per heavy atom. The first-order valence-corrected chi connectivity index (χ1v) is 11.8. The van der Waals surface area contributed by atoms with Crippen LogP contribution in [-0.2, 0) is 20.5 Å². The van der Waals surface area contributed by atoms with Gasteiger partial charge in [0.25, 0.3) is 5.56 Å².